The first-order chi connectivity index (χ1) is 7.58. The summed E-state index contributed by atoms with van der Waals surface area (Å²) in [6.07, 6.45) is 3.42. The smallest absolute Gasteiger partial charge is 0.122 e. The van der Waals surface area contributed by atoms with Crippen LogP contribution in [0.15, 0.2) is 12.1 Å². The van der Waals surface area contributed by atoms with E-state index in [4.69, 9.17) is 4.74 Å². The molecule has 0 spiro atoms. The minimum atomic E-state index is 0.609. The maximum Gasteiger partial charge on any atom is 0.122 e. The number of hydrogen-bond acceptors (Lipinski definition) is 1. The standard InChI is InChI=1S/C14H21BrO/c1-5-12(15)6-7-13-11(3)8-10(2)9-14(13)16-4/h8-9,12H,5-7H2,1-4H3. The molecule has 0 amide bonds. The Bertz CT molecular complexity index is 347. The number of hydrogen-bond donors (Lipinski definition) is 0. The zero-order valence-electron chi connectivity index (χ0n) is 10.6. The van der Waals surface area contributed by atoms with E-state index in [1.54, 1.807) is 7.11 Å². The van der Waals surface area contributed by atoms with Gasteiger partial charge < -0.3 is 4.74 Å². The summed E-state index contributed by atoms with van der Waals surface area (Å²) >= 11 is 3.68. The van der Waals surface area contributed by atoms with Crippen LogP contribution in [0.1, 0.15) is 36.5 Å². The Morgan fingerprint density at radius 2 is 2.00 bits per heavy atom. The molecular weight excluding hydrogens is 264 g/mol. The van der Waals surface area contributed by atoms with Crippen LogP contribution < -0.4 is 4.74 Å². The van der Waals surface area contributed by atoms with E-state index in [1.807, 2.05) is 0 Å². The van der Waals surface area contributed by atoms with Gasteiger partial charge >= 0.3 is 0 Å². The number of benzene rings is 1. The Morgan fingerprint density at radius 1 is 1.31 bits per heavy atom. The van der Waals surface area contributed by atoms with Crippen LogP contribution in [0.25, 0.3) is 0 Å². The van der Waals surface area contributed by atoms with Gasteiger partial charge in [0, 0.05) is 4.83 Å². The molecule has 1 aromatic rings. The van der Waals surface area contributed by atoms with Gasteiger partial charge in [-0.05, 0) is 55.9 Å². The van der Waals surface area contributed by atoms with E-state index in [0.717, 1.165) is 18.6 Å². The highest BCUT2D eigenvalue weighted by Gasteiger charge is 2.09. The summed E-state index contributed by atoms with van der Waals surface area (Å²) in [5.74, 6) is 1.04. The lowest BCUT2D eigenvalue weighted by Crippen LogP contribution is -2.02. The van der Waals surface area contributed by atoms with Crippen LogP contribution in [0, 0.1) is 13.8 Å². The molecule has 0 aliphatic rings. The number of aryl methyl sites for hydroxylation is 2. The Kier molecular flexibility index (Phi) is 5.33. The fourth-order valence-electron chi connectivity index (χ4n) is 1.97. The average molecular weight is 285 g/mol. The summed E-state index contributed by atoms with van der Waals surface area (Å²) in [5, 5.41) is 0. The molecule has 2 heteroatoms. The molecule has 0 aliphatic heterocycles. The van der Waals surface area contributed by atoms with Crippen molar-refractivity contribution in [3.63, 3.8) is 0 Å². The van der Waals surface area contributed by atoms with Gasteiger partial charge in [0.2, 0.25) is 0 Å². The lowest BCUT2D eigenvalue weighted by molar-refractivity contribution is 0.408. The molecule has 0 aromatic heterocycles. The maximum atomic E-state index is 5.46. The lowest BCUT2D eigenvalue weighted by atomic mass is 9.99. The van der Waals surface area contributed by atoms with E-state index in [-0.39, 0.29) is 0 Å². The molecule has 1 unspecified atom stereocenters. The van der Waals surface area contributed by atoms with Crippen molar-refractivity contribution >= 4 is 15.9 Å². The van der Waals surface area contributed by atoms with Gasteiger partial charge in [-0.1, -0.05) is 28.9 Å². The van der Waals surface area contributed by atoms with Crippen molar-refractivity contribution in [2.24, 2.45) is 0 Å². The molecule has 0 bridgehead atoms. The minimum absolute atomic E-state index is 0.609. The first-order valence-electron chi connectivity index (χ1n) is 5.86. The number of methoxy groups -OCH3 is 1. The molecule has 0 radical (unpaired) electrons. The van der Waals surface area contributed by atoms with Gasteiger partial charge in [-0.2, -0.15) is 0 Å². The largest absolute Gasteiger partial charge is 0.496 e. The summed E-state index contributed by atoms with van der Waals surface area (Å²) in [6, 6.07) is 4.35. The third-order valence-corrected chi connectivity index (χ3v) is 4.05. The molecule has 16 heavy (non-hydrogen) atoms. The second-order valence-corrected chi connectivity index (χ2v) is 5.60. The number of halogens is 1. The lowest BCUT2D eigenvalue weighted by Gasteiger charge is -2.14. The molecular formula is C14H21BrO. The zero-order chi connectivity index (χ0) is 12.1. The van der Waals surface area contributed by atoms with Gasteiger partial charge in [0.25, 0.3) is 0 Å². The fraction of sp³-hybridized carbons (Fsp3) is 0.571. The first-order valence-corrected chi connectivity index (χ1v) is 6.78. The van der Waals surface area contributed by atoms with Crippen molar-refractivity contribution < 1.29 is 4.74 Å². The molecule has 0 N–H and O–H groups in total. The Morgan fingerprint density at radius 3 is 2.56 bits per heavy atom. The average Bonchev–Trinajstić information content (AvgIpc) is 2.26. The zero-order valence-corrected chi connectivity index (χ0v) is 12.2. The molecule has 0 saturated carbocycles. The second-order valence-electron chi connectivity index (χ2n) is 4.31. The van der Waals surface area contributed by atoms with Gasteiger partial charge in [0.1, 0.15) is 5.75 Å². The quantitative estimate of drug-likeness (QED) is 0.728. The van der Waals surface area contributed by atoms with Crippen LogP contribution in [-0.2, 0) is 6.42 Å². The van der Waals surface area contributed by atoms with E-state index in [0.29, 0.717) is 4.83 Å². The van der Waals surface area contributed by atoms with Crippen LogP contribution in [0.4, 0.5) is 0 Å². The molecule has 1 atom stereocenters. The van der Waals surface area contributed by atoms with Crippen molar-refractivity contribution in [3.8, 4) is 5.75 Å². The molecule has 0 heterocycles. The van der Waals surface area contributed by atoms with E-state index in [9.17, 15) is 0 Å². The molecule has 1 aromatic carbocycles. The predicted octanol–water partition coefficient (Wildman–Crippen LogP) is 4.42. The molecule has 1 nitrogen and oxygen atoms in total. The molecule has 90 valence electrons. The second kappa shape index (κ2) is 6.29. The third-order valence-electron chi connectivity index (χ3n) is 2.95. The monoisotopic (exact) mass is 284 g/mol. The minimum Gasteiger partial charge on any atom is -0.496 e. The highest BCUT2D eigenvalue weighted by molar-refractivity contribution is 9.09. The molecule has 0 saturated heterocycles. The van der Waals surface area contributed by atoms with Crippen LogP contribution in [-0.4, -0.2) is 11.9 Å². The van der Waals surface area contributed by atoms with Crippen molar-refractivity contribution in [1.82, 2.24) is 0 Å². The third kappa shape index (κ3) is 3.51. The normalized spacial score (nSPS) is 12.6. The Balaban J connectivity index is 2.85. The SMILES string of the molecule is CCC(Br)CCc1c(C)cc(C)cc1OC. The first kappa shape index (κ1) is 13.6. The summed E-state index contributed by atoms with van der Waals surface area (Å²) < 4.78 is 5.46. The fourth-order valence-corrected chi connectivity index (χ4v) is 2.20. The predicted molar refractivity (Wildman–Crippen MR) is 73.8 cm³/mol. The summed E-state index contributed by atoms with van der Waals surface area (Å²) in [7, 11) is 1.75. The number of alkyl halides is 1. The van der Waals surface area contributed by atoms with Gasteiger partial charge in [0.15, 0.2) is 0 Å². The van der Waals surface area contributed by atoms with E-state index in [1.165, 1.54) is 23.1 Å². The summed E-state index contributed by atoms with van der Waals surface area (Å²) in [4.78, 5) is 0.609. The molecule has 0 fully saturated rings. The van der Waals surface area contributed by atoms with E-state index < -0.39 is 0 Å². The van der Waals surface area contributed by atoms with Crippen molar-refractivity contribution in [2.45, 2.75) is 44.9 Å². The highest BCUT2D eigenvalue weighted by atomic mass is 79.9. The Hall–Kier alpha value is -0.500. The number of ether oxygens (including phenoxy) is 1. The van der Waals surface area contributed by atoms with Gasteiger partial charge in [-0.15, -0.1) is 0 Å². The highest BCUT2D eigenvalue weighted by Crippen LogP contribution is 2.27. The summed E-state index contributed by atoms with van der Waals surface area (Å²) in [6.45, 7) is 6.48. The van der Waals surface area contributed by atoms with Crippen LogP contribution >= 0.6 is 15.9 Å². The Labute approximate surface area is 107 Å². The topological polar surface area (TPSA) is 9.23 Å². The molecule has 0 aliphatic carbocycles. The van der Waals surface area contributed by atoms with Crippen molar-refractivity contribution in [2.75, 3.05) is 7.11 Å². The van der Waals surface area contributed by atoms with Crippen LogP contribution in [0.2, 0.25) is 0 Å². The van der Waals surface area contributed by atoms with Gasteiger partial charge in [-0.3, -0.25) is 0 Å². The maximum absolute atomic E-state index is 5.46. The van der Waals surface area contributed by atoms with E-state index >= 15 is 0 Å². The van der Waals surface area contributed by atoms with Crippen LogP contribution in [0.3, 0.4) is 0 Å². The summed E-state index contributed by atoms with van der Waals surface area (Å²) in [5.41, 5.74) is 3.96. The van der Waals surface area contributed by atoms with E-state index in [2.05, 4.69) is 48.8 Å². The van der Waals surface area contributed by atoms with Gasteiger partial charge in [-0.25, -0.2) is 0 Å². The van der Waals surface area contributed by atoms with Crippen molar-refractivity contribution in [1.29, 1.82) is 0 Å². The van der Waals surface area contributed by atoms with Crippen molar-refractivity contribution in [3.05, 3.63) is 28.8 Å². The van der Waals surface area contributed by atoms with Crippen LogP contribution in [0.5, 0.6) is 5.75 Å². The van der Waals surface area contributed by atoms with Gasteiger partial charge in [0.05, 0.1) is 7.11 Å². The number of rotatable bonds is 5. The molecule has 1 rings (SSSR count).